The van der Waals surface area contributed by atoms with Gasteiger partial charge in [0, 0.05) is 11.6 Å². The summed E-state index contributed by atoms with van der Waals surface area (Å²) in [6.45, 7) is 1.29. The normalized spacial score (nSPS) is 23.8. The molecule has 0 spiro atoms. The van der Waals surface area contributed by atoms with Crippen molar-refractivity contribution in [3.05, 3.63) is 34.9 Å². The molecule has 1 aromatic rings. The van der Waals surface area contributed by atoms with E-state index in [-0.39, 0.29) is 12.1 Å². The third kappa shape index (κ3) is 3.58. The third-order valence-electron chi connectivity index (χ3n) is 4.75. The van der Waals surface area contributed by atoms with Crippen LogP contribution in [-0.4, -0.2) is 23.9 Å². The highest BCUT2D eigenvalue weighted by atomic mass is 35.5. The van der Waals surface area contributed by atoms with Crippen molar-refractivity contribution in [1.29, 1.82) is 0 Å². The van der Waals surface area contributed by atoms with Gasteiger partial charge in [-0.15, -0.1) is 0 Å². The fraction of sp³-hybridized carbons (Fsp3) is 0.588. The smallest absolute Gasteiger partial charge is 0.238 e. The Kier molecular flexibility index (Phi) is 4.81. The average molecular weight is 307 g/mol. The van der Waals surface area contributed by atoms with Crippen LogP contribution in [0.1, 0.15) is 50.3 Å². The van der Waals surface area contributed by atoms with Crippen molar-refractivity contribution in [3.63, 3.8) is 0 Å². The van der Waals surface area contributed by atoms with Gasteiger partial charge in [0.15, 0.2) is 0 Å². The molecule has 1 amide bonds. The predicted octanol–water partition coefficient (Wildman–Crippen LogP) is 3.74. The number of rotatable bonds is 4. The minimum absolute atomic E-state index is 0.0141. The number of hydrogen-bond donors (Lipinski definition) is 1. The molecule has 1 atom stereocenters. The first kappa shape index (κ1) is 14.9. The number of halogens is 1. The molecule has 3 nitrogen and oxygen atoms in total. The van der Waals surface area contributed by atoms with Crippen LogP contribution < -0.4 is 5.32 Å². The molecule has 1 saturated carbocycles. The number of amides is 1. The van der Waals surface area contributed by atoms with Crippen LogP contribution in [-0.2, 0) is 4.79 Å². The van der Waals surface area contributed by atoms with Crippen LogP contribution in [0.3, 0.4) is 0 Å². The molecule has 2 aliphatic rings. The third-order valence-corrected chi connectivity index (χ3v) is 4.98. The molecule has 3 rings (SSSR count). The summed E-state index contributed by atoms with van der Waals surface area (Å²) >= 11 is 6.07. The molecule has 1 aliphatic heterocycles. The largest absolute Gasteiger partial charge is 0.322 e. The Labute approximate surface area is 131 Å². The first-order valence-electron chi connectivity index (χ1n) is 8.02. The number of carbonyl (C=O) groups is 1. The van der Waals surface area contributed by atoms with Crippen molar-refractivity contribution in [1.82, 2.24) is 10.2 Å². The van der Waals surface area contributed by atoms with Gasteiger partial charge in [-0.05, 0) is 30.0 Å². The molecular weight excluding hydrogens is 284 g/mol. The summed E-state index contributed by atoms with van der Waals surface area (Å²) in [7, 11) is 0. The number of nitrogens with zero attached hydrogens (tertiary/aromatic N) is 1. The maximum atomic E-state index is 12.1. The van der Waals surface area contributed by atoms with Gasteiger partial charge in [0.2, 0.25) is 5.91 Å². The van der Waals surface area contributed by atoms with Crippen molar-refractivity contribution in [3.8, 4) is 0 Å². The van der Waals surface area contributed by atoms with Gasteiger partial charge in [-0.2, -0.15) is 0 Å². The van der Waals surface area contributed by atoms with E-state index in [4.69, 9.17) is 11.6 Å². The second-order valence-electron chi connectivity index (χ2n) is 6.22. The molecule has 114 valence electrons. The molecule has 1 saturated heterocycles. The fourth-order valence-electron chi connectivity index (χ4n) is 3.57. The molecule has 4 heteroatoms. The molecule has 0 bridgehead atoms. The first-order valence-corrected chi connectivity index (χ1v) is 8.40. The maximum Gasteiger partial charge on any atom is 0.238 e. The van der Waals surface area contributed by atoms with Gasteiger partial charge in [0.25, 0.3) is 0 Å². The van der Waals surface area contributed by atoms with Gasteiger partial charge in [-0.3, -0.25) is 10.1 Å². The number of hydrogen-bond acceptors (Lipinski definition) is 2. The van der Waals surface area contributed by atoms with Gasteiger partial charge < -0.3 is 4.90 Å². The molecule has 1 N–H and O–H groups in total. The number of carbonyl (C=O) groups excluding carboxylic acids is 1. The van der Waals surface area contributed by atoms with Crippen molar-refractivity contribution >= 4 is 17.5 Å². The SMILES string of the molecule is O=C1CNC(c2cccc(Cl)c2)N1CCC1CCCCC1. The van der Waals surface area contributed by atoms with E-state index >= 15 is 0 Å². The summed E-state index contributed by atoms with van der Waals surface area (Å²) in [5.74, 6) is 1.00. The quantitative estimate of drug-likeness (QED) is 0.919. The first-order chi connectivity index (χ1) is 10.2. The number of nitrogens with one attached hydrogen (secondary N) is 1. The lowest BCUT2D eigenvalue weighted by molar-refractivity contribution is -0.128. The molecule has 0 aromatic heterocycles. The van der Waals surface area contributed by atoms with Crippen LogP contribution in [0.5, 0.6) is 0 Å². The zero-order chi connectivity index (χ0) is 14.7. The van der Waals surface area contributed by atoms with E-state index in [9.17, 15) is 4.79 Å². The Hall–Kier alpha value is -1.06. The monoisotopic (exact) mass is 306 g/mol. The van der Waals surface area contributed by atoms with Crippen LogP contribution >= 0.6 is 11.6 Å². The zero-order valence-corrected chi connectivity index (χ0v) is 13.1. The van der Waals surface area contributed by atoms with E-state index in [1.54, 1.807) is 0 Å². The predicted molar refractivity (Wildman–Crippen MR) is 85.1 cm³/mol. The summed E-state index contributed by atoms with van der Waals surface area (Å²) < 4.78 is 0. The minimum atomic E-state index is -0.0141. The lowest BCUT2D eigenvalue weighted by atomic mass is 9.87. The molecule has 1 heterocycles. The lowest BCUT2D eigenvalue weighted by Gasteiger charge is -2.28. The van der Waals surface area contributed by atoms with Gasteiger partial charge in [0.1, 0.15) is 6.17 Å². The molecule has 0 radical (unpaired) electrons. The highest BCUT2D eigenvalue weighted by Crippen LogP contribution is 2.29. The van der Waals surface area contributed by atoms with Gasteiger partial charge in [-0.1, -0.05) is 55.8 Å². The van der Waals surface area contributed by atoms with Crippen LogP contribution in [0.2, 0.25) is 5.02 Å². The van der Waals surface area contributed by atoms with Crippen LogP contribution in [0, 0.1) is 5.92 Å². The summed E-state index contributed by atoms with van der Waals surface area (Å²) in [5.41, 5.74) is 1.08. The number of benzene rings is 1. The van der Waals surface area contributed by atoms with Crippen LogP contribution in [0.15, 0.2) is 24.3 Å². The van der Waals surface area contributed by atoms with Crippen LogP contribution in [0.4, 0.5) is 0 Å². The second kappa shape index (κ2) is 6.80. The van der Waals surface area contributed by atoms with E-state index in [2.05, 4.69) is 5.32 Å². The van der Waals surface area contributed by atoms with Crippen LogP contribution in [0.25, 0.3) is 0 Å². The molecule has 1 unspecified atom stereocenters. The lowest BCUT2D eigenvalue weighted by Crippen LogP contribution is -2.32. The zero-order valence-electron chi connectivity index (χ0n) is 12.4. The molecular formula is C17H23ClN2O. The standard InChI is InChI=1S/C17H23ClN2O/c18-15-8-4-7-14(11-15)17-19-12-16(21)20(17)10-9-13-5-2-1-3-6-13/h4,7-8,11,13,17,19H,1-3,5-6,9-10,12H2. The molecule has 1 aliphatic carbocycles. The summed E-state index contributed by atoms with van der Waals surface area (Å²) in [5, 5.41) is 4.03. The molecule has 2 fully saturated rings. The topological polar surface area (TPSA) is 32.3 Å². The van der Waals surface area contributed by atoms with Gasteiger partial charge in [-0.25, -0.2) is 0 Å². The Morgan fingerprint density at radius 3 is 2.81 bits per heavy atom. The van der Waals surface area contributed by atoms with E-state index < -0.39 is 0 Å². The molecule has 1 aromatic carbocycles. The van der Waals surface area contributed by atoms with Crippen molar-refractivity contribution < 1.29 is 4.79 Å². The van der Waals surface area contributed by atoms with E-state index in [1.165, 1.54) is 32.1 Å². The minimum Gasteiger partial charge on any atom is -0.322 e. The van der Waals surface area contributed by atoms with Gasteiger partial charge in [0.05, 0.1) is 6.54 Å². The highest BCUT2D eigenvalue weighted by molar-refractivity contribution is 6.30. The Balaban J connectivity index is 1.65. The highest BCUT2D eigenvalue weighted by Gasteiger charge is 2.31. The summed E-state index contributed by atoms with van der Waals surface area (Å²) in [6, 6.07) is 7.80. The van der Waals surface area contributed by atoms with E-state index in [0.717, 1.165) is 29.5 Å². The summed E-state index contributed by atoms with van der Waals surface area (Å²) in [6.07, 6.45) is 7.87. The summed E-state index contributed by atoms with van der Waals surface area (Å²) in [4.78, 5) is 14.1. The Morgan fingerprint density at radius 2 is 2.05 bits per heavy atom. The second-order valence-corrected chi connectivity index (χ2v) is 6.65. The van der Waals surface area contributed by atoms with E-state index in [1.807, 2.05) is 29.2 Å². The average Bonchev–Trinajstić information content (AvgIpc) is 2.87. The van der Waals surface area contributed by atoms with Crippen molar-refractivity contribution in [2.24, 2.45) is 5.92 Å². The van der Waals surface area contributed by atoms with Crippen molar-refractivity contribution in [2.45, 2.75) is 44.7 Å². The van der Waals surface area contributed by atoms with Crippen molar-refractivity contribution in [2.75, 3.05) is 13.1 Å². The Morgan fingerprint density at radius 1 is 1.24 bits per heavy atom. The van der Waals surface area contributed by atoms with Gasteiger partial charge >= 0.3 is 0 Å². The maximum absolute atomic E-state index is 12.1. The van der Waals surface area contributed by atoms with E-state index in [0.29, 0.717) is 6.54 Å². The fourth-order valence-corrected chi connectivity index (χ4v) is 3.76. The Bertz CT molecular complexity index is 499. The molecule has 21 heavy (non-hydrogen) atoms.